The second-order valence-electron chi connectivity index (χ2n) is 7.66. The highest BCUT2D eigenvalue weighted by Gasteiger charge is 2.47. The number of hydrogen-bond donors (Lipinski definition) is 2. The number of aromatic nitrogens is 3. The van der Waals surface area contributed by atoms with Crippen molar-refractivity contribution >= 4 is 21.9 Å². The van der Waals surface area contributed by atoms with Gasteiger partial charge in [0.1, 0.15) is 10.6 Å². The molecule has 15 heteroatoms. The Kier molecular flexibility index (Phi) is 7.57. The maximum Gasteiger partial charge on any atom is 0.490 e. The van der Waals surface area contributed by atoms with E-state index >= 15 is 0 Å². The first kappa shape index (κ1) is 25.6. The van der Waals surface area contributed by atoms with Gasteiger partial charge in [0.05, 0.1) is 12.7 Å². The lowest BCUT2D eigenvalue weighted by Crippen LogP contribution is -2.36. The summed E-state index contributed by atoms with van der Waals surface area (Å²) < 4.78 is 66.1. The van der Waals surface area contributed by atoms with Gasteiger partial charge in [-0.15, -0.1) is 0 Å². The summed E-state index contributed by atoms with van der Waals surface area (Å²) >= 11 is 0. The van der Waals surface area contributed by atoms with Crippen LogP contribution in [0.25, 0.3) is 0 Å². The predicted octanol–water partition coefficient (Wildman–Crippen LogP) is 0.514. The first-order valence-corrected chi connectivity index (χ1v) is 11.4. The lowest BCUT2D eigenvalue weighted by atomic mass is 9.93. The second-order valence-corrected chi connectivity index (χ2v) is 9.60. The third kappa shape index (κ3) is 5.71. The average Bonchev–Trinajstić information content (AvgIpc) is 3.49. The quantitative estimate of drug-likeness (QED) is 0.599. The molecule has 0 aliphatic carbocycles. The Labute approximate surface area is 192 Å². The summed E-state index contributed by atoms with van der Waals surface area (Å²) in [6.45, 7) is 1.66. The number of sulfonamides is 1. The minimum Gasteiger partial charge on any atom is -0.475 e. The summed E-state index contributed by atoms with van der Waals surface area (Å²) in [7, 11) is -1.87. The number of alkyl halides is 3. The van der Waals surface area contributed by atoms with Gasteiger partial charge in [0, 0.05) is 57.1 Å². The molecule has 2 N–H and O–H groups in total. The summed E-state index contributed by atoms with van der Waals surface area (Å²) in [5.74, 6) is -2.83. The van der Waals surface area contributed by atoms with Crippen LogP contribution < -0.4 is 5.32 Å². The van der Waals surface area contributed by atoms with Gasteiger partial charge in [0.15, 0.2) is 0 Å². The highest BCUT2D eigenvalue weighted by atomic mass is 32.2. The number of carbonyl (C=O) groups excluding carboxylic acids is 1. The number of nitrogens with one attached hydrogen (secondary N) is 1. The molecular formula is C19H22F3N5O6S. The largest absolute Gasteiger partial charge is 0.490 e. The first-order chi connectivity index (χ1) is 15.9. The van der Waals surface area contributed by atoms with Crippen molar-refractivity contribution in [2.24, 2.45) is 18.9 Å². The molecule has 186 valence electrons. The third-order valence-corrected chi connectivity index (χ3v) is 7.31. The summed E-state index contributed by atoms with van der Waals surface area (Å²) in [5.41, 5.74) is 0.484. The number of hydrogen-bond acceptors (Lipinski definition) is 7. The lowest BCUT2D eigenvalue weighted by molar-refractivity contribution is -0.192. The number of aliphatic carboxylic acids is 1. The fourth-order valence-corrected chi connectivity index (χ4v) is 5.18. The Bertz CT molecular complexity index is 1120. The zero-order valence-corrected chi connectivity index (χ0v) is 18.7. The van der Waals surface area contributed by atoms with E-state index in [1.807, 2.05) is 0 Å². The van der Waals surface area contributed by atoms with Gasteiger partial charge in [-0.1, -0.05) is 0 Å². The van der Waals surface area contributed by atoms with Gasteiger partial charge in [0.2, 0.25) is 10.0 Å². The molecule has 2 aliphatic heterocycles. The molecule has 0 saturated carbocycles. The summed E-state index contributed by atoms with van der Waals surface area (Å²) in [5, 5.41) is 14.0. The Morgan fingerprint density at radius 2 is 1.97 bits per heavy atom. The van der Waals surface area contributed by atoms with Crippen molar-refractivity contribution in [3.05, 3.63) is 42.5 Å². The highest BCUT2D eigenvalue weighted by molar-refractivity contribution is 7.89. The molecule has 4 heterocycles. The van der Waals surface area contributed by atoms with Crippen LogP contribution in [0.1, 0.15) is 10.5 Å². The summed E-state index contributed by atoms with van der Waals surface area (Å²) in [6.07, 6.45) is -0.755. The molecule has 3 atom stereocenters. The molecule has 2 aromatic heterocycles. The Balaban J connectivity index is 0.000000406. The van der Waals surface area contributed by atoms with Crippen LogP contribution >= 0.6 is 0 Å². The van der Waals surface area contributed by atoms with Crippen molar-refractivity contribution in [2.75, 3.05) is 26.2 Å². The minimum atomic E-state index is -5.08. The molecule has 4 rings (SSSR count). The van der Waals surface area contributed by atoms with Crippen molar-refractivity contribution in [3.63, 3.8) is 0 Å². The van der Waals surface area contributed by atoms with E-state index in [4.69, 9.17) is 14.6 Å². The first-order valence-electron chi connectivity index (χ1n) is 9.99. The SMILES string of the molecule is Cn1nccc1C(=O)NC[C@H]1CO[C@@H]2CN(S(=O)(=O)c3cccnc3)C[C@H]12.O=C(O)C(F)(F)F. The minimum absolute atomic E-state index is 0.0586. The predicted molar refractivity (Wildman–Crippen MR) is 109 cm³/mol. The molecular weight excluding hydrogens is 483 g/mol. The number of carboxylic acid groups (broad SMARTS) is 1. The number of rotatable bonds is 5. The van der Waals surface area contributed by atoms with Crippen LogP contribution in [-0.4, -0.2) is 83.0 Å². The third-order valence-electron chi connectivity index (χ3n) is 5.50. The van der Waals surface area contributed by atoms with E-state index in [9.17, 15) is 26.4 Å². The van der Waals surface area contributed by atoms with Crippen molar-refractivity contribution < 1.29 is 41.0 Å². The number of carbonyl (C=O) groups is 2. The average molecular weight is 505 g/mol. The molecule has 0 spiro atoms. The van der Waals surface area contributed by atoms with Crippen molar-refractivity contribution in [3.8, 4) is 0 Å². The van der Waals surface area contributed by atoms with Gasteiger partial charge in [-0.2, -0.15) is 22.6 Å². The number of ether oxygens (including phenoxy) is 1. The fourth-order valence-electron chi connectivity index (χ4n) is 3.73. The molecule has 11 nitrogen and oxygen atoms in total. The molecule has 0 aromatic carbocycles. The van der Waals surface area contributed by atoms with Gasteiger partial charge >= 0.3 is 12.1 Å². The monoisotopic (exact) mass is 505 g/mol. The van der Waals surface area contributed by atoms with Crippen molar-refractivity contribution in [1.29, 1.82) is 0 Å². The van der Waals surface area contributed by atoms with Crippen molar-refractivity contribution in [1.82, 2.24) is 24.4 Å². The normalized spacial score (nSPS) is 22.5. The lowest BCUT2D eigenvalue weighted by Gasteiger charge is -2.20. The van der Waals surface area contributed by atoms with Gasteiger partial charge in [-0.25, -0.2) is 13.2 Å². The van der Waals surface area contributed by atoms with Crippen LogP contribution in [0.4, 0.5) is 13.2 Å². The number of pyridine rings is 1. The molecule has 0 unspecified atom stereocenters. The summed E-state index contributed by atoms with van der Waals surface area (Å²) in [6, 6.07) is 4.81. The molecule has 2 saturated heterocycles. The van der Waals surface area contributed by atoms with Crippen LogP contribution in [0.2, 0.25) is 0 Å². The smallest absolute Gasteiger partial charge is 0.475 e. The standard InChI is InChI=1S/C17H21N5O4S.C2HF3O2/c1-21-15(4-6-20-21)17(23)19-7-12-11-26-16-10-22(9-14(12)16)27(24,25)13-3-2-5-18-8-13;3-2(4,5)1(6)7/h2-6,8,12,14,16H,7,9-11H2,1H3,(H,19,23);(H,6,7)/t12-,14+,16+;/m0./s1. The molecule has 2 aliphatic rings. The Morgan fingerprint density at radius 3 is 2.53 bits per heavy atom. The van der Waals surface area contributed by atoms with Gasteiger partial charge in [-0.3, -0.25) is 14.5 Å². The van der Waals surface area contributed by atoms with E-state index in [0.717, 1.165) is 0 Å². The number of amides is 1. The Hall–Kier alpha value is -3.04. The van der Waals surface area contributed by atoms with Gasteiger partial charge in [0.25, 0.3) is 5.91 Å². The molecule has 0 radical (unpaired) electrons. The van der Waals surface area contributed by atoms with Crippen molar-refractivity contribution in [2.45, 2.75) is 17.2 Å². The van der Waals surface area contributed by atoms with E-state index in [0.29, 0.717) is 31.9 Å². The van der Waals surface area contributed by atoms with Gasteiger partial charge < -0.3 is 15.2 Å². The zero-order chi connectivity index (χ0) is 25.1. The van der Waals surface area contributed by atoms with E-state index < -0.39 is 22.2 Å². The van der Waals surface area contributed by atoms with E-state index in [1.165, 1.54) is 15.2 Å². The maximum absolute atomic E-state index is 12.8. The van der Waals surface area contributed by atoms with Gasteiger partial charge in [-0.05, 0) is 18.2 Å². The van der Waals surface area contributed by atoms with Crippen LogP contribution in [0.15, 0.2) is 41.7 Å². The van der Waals surface area contributed by atoms with Crippen LogP contribution in [0.3, 0.4) is 0 Å². The van der Waals surface area contributed by atoms with E-state index in [2.05, 4.69) is 15.4 Å². The topological polar surface area (TPSA) is 144 Å². The number of fused-ring (bicyclic) bond motifs is 1. The number of carboxylic acids is 1. The molecule has 1 amide bonds. The summed E-state index contributed by atoms with van der Waals surface area (Å²) in [4.78, 5) is 25.2. The van der Waals surface area contributed by atoms with Crippen LogP contribution in [0.5, 0.6) is 0 Å². The molecule has 2 fully saturated rings. The number of nitrogens with zero attached hydrogens (tertiary/aromatic N) is 4. The van der Waals surface area contributed by atoms with E-state index in [-0.39, 0.29) is 28.7 Å². The second kappa shape index (κ2) is 10.1. The van der Waals surface area contributed by atoms with E-state index in [1.54, 1.807) is 37.6 Å². The Morgan fingerprint density at radius 1 is 1.26 bits per heavy atom. The maximum atomic E-state index is 12.8. The fraction of sp³-hybridized carbons (Fsp3) is 0.474. The number of aryl methyl sites for hydroxylation is 1. The zero-order valence-electron chi connectivity index (χ0n) is 17.8. The van der Waals surface area contributed by atoms with Crippen LogP contribution in [0, 0.1) is 11.8 Å². The highest BCUT2D eigenvalue weighted by Crippen LogP contribution is 2.35. The molecule has 2 aromatic rings. The number of halogens is 3. The van der Waals surface area contributed by atoms with Crippen LogP contribution in [-0.2, 0) is 26.6 Å². The molecule has 0 bridgehead atoms. The molecule has 34 heavy (non-hydrogen) atoms.